The first-order chi connectivity index (χ1) is 11.9. The number of esters is 1. The Balaban J connectivity index is 2.34. The van der Waals surface area contributed by atoms with Crippen molar-refractivity contribution >= 4 is 11.9 Å². The Labute approximate surface area is 146 Å². The predicted molar refractivity (Wildman–Crippen MR) is 88.4 cm³/mol. The number of carbonyl (C=O) groups is 2. The van der Waals surface area contributed by atoms with Crippen molar-refractivity contribution in [3.63, 3.8) is 0 Å². The maximum atomic E-state index is 14.1. The summed E-state index contributed by atoms with van der Waals surface area (Å²) in [6, 6.07) is 3.28. The highest BCUT2D eigenvalue weighted by Crippen LogP contribution is 2.36. The highest BCUT2D eigenvalue weighted by atomic mass is 19.1. The molecular weight excluding hydrogens is 328 g/mol. The molecule has 6 heteroatoms. The predicted octanol–water partition coefficient (Wildman–Crippen LogP) is 2.70. The molecule has 1 amide bonds. The van der Waals surface area contributed by atoms with E-state index in [4.69, 9.17) is 4.74 Å². The molecule has 134 valence electrons. The number of piperidine rings is 1. The zero-order valence-electron chi connectivity index (χ0n) is 14.4. The van der Waals surface area contributed by atoms with E-state index in [0.717, 1.165) is 12.1 Å². The Morgan fingerprint density at radius 3 is 2.76 bits per heavy atom. The Kier molecular flexibility index (Phi) is 6.13. The molecule has 0 aliphatic carbocycles. The molecule has 1 saturated heterocycles. The van der Waals surface area contributed by atoms with E-state index in [9.17, 15) is 18.4 Å². The van der Waals surface area contributed by atoms with Gasteiger partial charge in [-0.25, -0.2) is 8.78 Å². The zero-order valence-corrected chi connectivity index (χ0v) is 14.4. The molecular formula is C19H21F2NO3. The number of rotatable bonds is 4. The zero-order chi connectivity index (χ0) is 18.4. The fraction of sp³-hybridized carbons (Fsp3) is 0.474. The van der Waals surface area contributed by atoms with Crippen LogP contribution in [0.4, 0.5) is 8.78 Å². The minimum absolute atomic E-state index is 0.0429. The third-order valence-electron chi connectivity index (χ3n) is 4.35. The molecule has 1 atom stereocenters. The van der Waals surface area contributed by atoms with E-state index >= 15 is 0 Å². The van der Waals surface area contributed by atoms with Crippen molar-refractivity contribution in [2.45, 2.75) is 33.1 Å². The normalized spacial score (nSPS) is 19.8. The second-order valence-corrected chi connectivity index (χ2v) is 6.12. The molecule has 1 unspecified atom stereocenters. The minimum Gasteiger partial charge on any atom is -0.466 e. The third kappa shape index (κ3) is 4.36. The van der Waals surface area contributed by atoms with Crippen LogP contribution < -0.4 is 0 Å². The van der Waals surface area contributed by atoms with Gasteiger partial charge in [0.2, 0.25) is 0 Å². The van der Waals surface area contributed by atoms with Gasteiger partial charge in [0, 0.05) is 19.2 Å². The summed E-state index contributed by atoms with van der Waals surface area (Å²) in [5.74, 6) is 2.80. The van der Waals surface area contributed by atoms with Crippen LogP contribution in [-0.4, -0.2) is 36.5 Å². The molecule has 1 heterocycles. The van der Waals surface area contributed by atoms with Crippen LogP contribution in [0.15, 0.2) is 18.2 Å². The van der Waals surface area contributed by atoms with Gasteiger partial charge in [0.15, 0.2) is 0 Å². The second kappa shape index (κ2) is 8.11. The Morgan fingerprint density at radius 1 is 1.36 bits per heavy atom. The fourth-order valence-corrected chi connectivity index (χ4v) is 3.19. The summed E-state index contributed by atoms with van der Waals surface area (Å²) in [7, 11) is 0. The first kappa shape index (κ1) is 18.9. The molecule has 4 nitrogen and oxygen atoms in total. The van der Waals surface area contributed by atoms with Crippen molar-refractivity contribution in [1.82, 2.24) is 4.90 Å². The number of nitrogens with zero attached hydrogens (tertiary/aromatic N) is 1. The molecule has 0 saturated carbocycles. The van der Waals surface area contributed by atoms with Gasteiger partial charge >= 0.3 is 5.97 Å². The summed E-state index contributed by atoms with van der Waals surface area (Å²) in [5.41, 5.74) is -0.830. The Bertz CT molecular complexity index is 723. The van der Waals surface area contributed by atoms with Gasteiger partial charge in [-0.15, -0.1) is 0 Å². The lowest BCUT2D eigenvalue weighted by Gasteiger charge is -2.40. The molecule has 0 N–H and O–H groups in total. The summed E-state index contributed by atoms with van der Waals surface area (Å²) >= 11 is 0. The molecule has 2 rings (SSSR count). The van der Waals surface area contributed by atoms with Gasteiger partial charge in [0.25, 0.3) is 5.91 Å². The largest absolute Gasteiger partial charge is 0.466 e. The van der Waals surface area contributed by atoms with Crippen LogP contribution >= 0.6 is 0 Å². The molecule has 1 fully saturated rings. The monoisotopic (exact) mass is 349 g/mol. The van der Waals surface area contributed by atoms with Crippen LogP contribution in [0, 0.1) is 28.9 Å². The highest BCUT2D eigenvalue weighted by Gasteiger charge is 2.45. The number of hydrogen-bond acceptors (Lipinski definition) is 3. The standard InChI is InChI=1S/C19H21F2NO3/c1-3-6-17(23)22-10-5-9-19(13-22,18(24)25-4-2)12-14-7-8-15(20)11-16(14)21/h7-8,11H,4-5,9-10,12-13H2,1-2H3. The molecule has 0 radical (unpaired) electrons. The molecule has 1 aliphatic rings. The summed E-state index contributed by atoms with van der Waals surface area (Å²) < 4.78 is 32.5. The van der Waals surface area contributed by atoms with Crippen molar-refractivity contribution < 1.29 is 23.1 Å². The molecule has 0 aromatic heterocycles. The number of halogens is 2. The topological polar surface area (TPSA) is 46.6 Å². The number of ether oxygens (including phenoxy) is 1. The van der Waals surface area contributed by atoms with E-state index in [1.807, 2.05) is 0 Å². The quantitative estimate of drug-likeness (QED) is 0.620. The van der Waals surface area contributed by atoms with Crippen molar-refractivity contribution in [1.29, 1.82) is 0 Å². The van der Waals surface area contributed by atoms with Gasteiger partial charge < -0.3 is 9.64 Å². The number of hydrogen-bond donors (Lipinski definition) is 0. The number of carbonyl (C=O) groups excluding carboxylic acids is 2. The number of benzene rings is 1. The van der Waals surface area contributed by atoms with Gasteiger partial charge in [-0.2, -0.15) is 0 Å². The molecule has 0 bridgehead atoms. The lowest BCUT2D eigenvalue weighted by molar-refractivity contribution is -0.160. The van der Waals surface area contributed by atoms with Crippen molar-refractivity contribution in [3.8, 4) is 11.8 Å². The first-order valence-electron chi connectivity index (χ1n) is 8.24. The van der Waals surface area contributed by atoms with Gasteiger partial charge in [-0.05, 0) is 50.7 Å². The maximum absolute atomic E-state index is 14.1. The van der Waals surface area contributed by atoms with Crippen LogP contribution in [0.25, 0.3) is 0 Å². The van der Waals surface area contributed by atoms with Gasteiger partial charge in [-0.3, -0.25) is 9.59 Å². The van der Waals surface area contributed by atoms with Gasteiger partial charge in [-0.1, -0.05) is 12.0 Å². The lowest BCUT2D eigenvalue weighted by atomic mass is 9.75. The third-order valence-corrected chi connectivity index (χ3v) is 4.35. The molecule has 1 aromatic rings. The smallest absolute Gasteiger partial charge is 0.314 e. The average molecular weight is 349 g/mol. The Morgan fingerprint density at radius 2 is 2.12 bits per heavy atom. The fourth-order valence-electron chi connectivity index (χ4n) is 3.19. The molecule has 1 aliphatic heterocycles. The van der Waals surface area contributed by atoms with Crippen LogP contribution in [0.3, 0.4) is 0 Å². The van der Waals surface area contributed by atoms with Crippen LogP contribution in [0.2, 0.25) is 0 Å². The van der Waals surface area contributed by atoms with Crippen molar-refractivity contribution in [2.75, 3.05) is 19.7 Å². The number of likely N-dealkylation sites (tertiary alicyclic amines) is 1. The average Bonchev–Trinajstić information content (AvgIpc) is 2.58. The van der Waals surface area contributed by atoms with E-state index in [1.54, 1.807) is 13.8 Å². The summed E-state index contributed by atoms with van der Waals surface area (Å²) in [4.78, 5) is 26.2. The van der Waals surface area contributed by atoms with Crippen LogP contribution in [0.5, 0.6) is 0 Å². The Hall–Kier alpha value is -2.42. The summed E-state index contributed by atoms with van der Waals surface area (Å²) in [6.07, 6.45) is 1.09. The van der Waals surface area contributed by atoms with E-state index < -0.39 is 23.0 Å². The highest BCUT2D eigenvalue weighted by molar-refractivity contribution is 5.94. The van der Waals surface area contributed by atoms with Crippen LogP contribution in [-0.2, 0) is 20.7 Å². The lowest BCUT2D eigenvalue weighted by Crippen LogP contribution is -2.51. The van der Waals surface area contributed by atoms with E-state index in [-0.39, 0.29) is 31.0 Å². The second-order valence-electron chi connectivity index (χ2n) is 6.12. The van der Waals surface area contributed by atoms with E-state index in [0.29, 0.717) is 19.4 Å². The van der Waals surface area contributed by atoms with Crippen LogP contribution in [0.1, 0.15) is 32.3 Å². The van der Waals surface area contributed by atoms with E-state index in [2.05, 4.69) is 11.8 Å². The minimum atomic E-state index is -1.06. The maximum Gasteiger partial charge on any atom is 0.314 e. The van der Waals surface area contributed by atoms with Gasteiger partial charge in [0.05, 0.1) is 12.0 Å². The molecule has 1 aromatic carbocycles. The number of amides is 1. The van der Waals surface area contributed by atoms with Gasteiger partial charge in [0.1, 0.15) is 11.6 Å². The molecule has 25 heavy (non-hydrogen) atoms. The first-order valence-corrected chi connectivity index (χ1v) is 8.24. The van der Waals surface area contributed by atoms with Crippen molar-refractivity contribution in [2.24, 2.45) is 5.41 Å². The summed E-state index contributed by atoms with van der Waals surface area (Å²) in [5, 5.41) is 0. The van der Waals surface area contributed by atoms with Crippen molar-refractivity contribution in [3.05, 3.63) is 35.4 Å². The molecule has 0 spiro atoms. The van der Waals surface area contributed by atoms with E-state index in [1.165, 1.54) is 11.0 Å². The SMILES string of the molecule is CC#CC(=O)N1CCCC(Cc2ccc(F)cc2F)(C(=O)OCC)C1. The summed E-state index contributed by atoms with van der Waals surface area (Å²) in [6.45, 7) is 4.04.